The Morgan fingerprint density at radius 2 is 2.10 bits per heavy atom. The van der Waals surface area contributed by atoms with Crippen LogP contribution in [0.3, 0.4) is 0 Å². The summed E-state index contributed by atoms with van der Waals surface area (Å²) in [5.74, 6) is 0.641. The second-order valence-electron chi connectivity index (χ2n) is 7.05. The fourth-order valence-corrected chi connectivity index (χ4v) is 4.07. The van der Waals surface area contributed by atoms with Crippen LogP contribution in [0.5, 0.6) is 0 Å². The normalized spacial score (nSPS) is 38.8. The van der Waals surface area contributed by atoms with Crippen molar-refractivity contribution < 1.29 is 4.79 Å². The molecule has 5 nitrogen and oxygen atoms in total. The molecule has 0 aromatic rings. The number of likely N-dealkylation sites (tertiary alicyclic amines) is 1. The summed E-state index contributed by atoms with van der Waals surface area (Å²) in [7, 11) is 4.30. The highest BCUT2D eigenvalue weighted by Crippen LogP contribution is 2.36. The van der Waals surface area contributed by atoms with E-state index in [1.807, 2.05) is 0 Å². The minimum absolute atomic E-state index is 0.258. The van der Waals surface area contributed by atoms with Gasteiger partial charge in [0.25, 0.3) is 0 Å². The molecule has 1 aliphatic heterocycles. The molecule has 116 valence electrons. The molecule has 4 N–H and O–H groups in total. The maximum atomic E-state index is 11.6. The van der Waals surface area contributed by atoms with Gasteiger partial charge < -0.3 is 21.3 Å². The molecule has 0 aromatic carbocycles. The Balaban J connectivity index is 1.86. The first-order valence-electron chi connectivity index (χ1n) is 7.82. The van der Waals surface area contributed by atoms with Gasteiger partial charge in [0.05, 0.1) is 5.54 Å². The third kappa shape index (κ3) is 3.00. The van der Waals surface area contributed by atoms with E-state index in [1.54, 1.807) is 0 Å². The summed E-state index contributed by atoms with van der Waals surface area (Å²) in [5, 5.41) is 0. The van der Waals surface area contributed by atoms with Crippen molar-refractivity contribution in [2.75, 3.05) is 33.7 Å². The van der Waals surface area contributed by atoms with Crippen molar-refractivity contribution >= 4 is 5.91 Å². The van der Waals surface area contributed by atoms with Gasteiger partial charge in [0.2, 0.25) is 5.91 Å². The van der Waals surface area contributed by atoms with Crippen molar-refractivity contribution in [3.8, 4) is 0 Å². The lowest BCUT2D eigenvalue weighted by Gasteiger charge is -2.29. The highest BCUT2D eigenvalue weighted by atomic mass is 16.1. The van der Waals surface area contributed by atoms with Gasteiger partial charge in [0, 0.05) is 19.1 Å². The van der Waals surface area contributed by atoms with Crippen LogP contribution in [0.4, 0.5) is 0 Å². The summed E-state index contributed by atoms with van der Waals surface area (Å²) < 4.78 is 0. The summed E-state index contributed by atoms with van der Waals surface area (Å²) >= 11 is 0. The third-order valence-corrected chi connectivity index (χ3v) is 5.44. The maximum Gasteiger partial charge on any atom is 0.237 e. The molecule has 2 fully saturated rings. The molecular formula is C15H30N4O. The molecule has 20 heavy (non-hydrogen) atoms. The SMILES string of the molecule is CC1CN(CCC2CCCC2(N)C(N)=O)CC1N(C)C. The Labute approximate surface area is 122 Å². The largest absolute Gasteiger partial charge is 0.368 e. The minimum Gasteiger partial charge on any atom is -0.368 e. The topological polar surface area (TPSA) is 75.6 Å². The van der Waals surface area contributed by atoms with E-state index in [0.717, 1.165) is 45.3 Å². The van der Waals surface area contributed by atoms with Gasteiger partial charge >= 0.3 is 0 Å². The van der Waals surface area contributed by atoms with E-state index in [9.17, 15) is 4.79 Å². The predicted molar refractivity (Wildman–Crippen MR) is 81.1 cm³/mol. The van der Waals surface area contributed by atoms with Crippen LogP contribution in [0.1, 0.15) is 32.6 Å². The van der Waals surface area contributed by atoms with Crippen molar-refractivity contribution in [3.05, 3.63) is 0 Å². The number of nitrogens with two attached hydrogens (primary N) is 2. The van der Waals surface area contributed by atoms with Crippen LogP contribution in [-0.4, -0.2) is 61.0 Å². The first-order valence-corrected chi connectivity index (χ1v) is 7.82. The Kier molecular flexibility index (Phi) is 4.72. The number of rotatable bonds is 5. The number of carbonyl (C=O) groups excluding carboxylic acids is 1. The van der Waals surface area contributed by atoms with Crippen LogP contribution in [0.25, 0.3) is 0 Å². The van der Waals surface area contributed by atoms with Crippen LogP contribution in [0.2, 0.25) is 0 Å². The van der Waals surface area contributed by atoms with E-state index in [2.05, 4.69) is 30.8 Å². The lowest BCUT2D eigenvalue weighted by molar-refractivity contribution is -0.124. The van der Waals surface area contributed by atoms with Gasteiger partial charge in [-0.25, -0.2) is 0 Å². The highest BCUT2D eigenvalue weighted by Gasteiger charge is 2.44. The van der Waals surface area contributed by atoms with Gasteiger partial charge in [-0.3, -0.25) is 4.79 Å². The third-order valence-electron chi connectivity index (χ3n) is 5.44. The maximum absolute atomic E-state index is 11.6. The summed E-state index contributed by atoms with van der Waals surface area (Å²) in [5.41, 5.74) is 11.0. The van der Waals surface area contributed by atoms with Gasteiger partial charge in [-0.15, -0.1) is 0 Å². The molecule has 5 heteroatoms. The van der Waals surface area contributed by atoms with Crippen LogP contribution < -0.4 is 11.5 Å². The number of carbonyl (C=O) groups is 1. The van der Waals surface area contributed by atoms with Crippen molar-refractivity contribution in [1.29, 1.82) is 0 Å². The van der Waals surface area contributed by atoms with Crippen LogP contribution in [-0.2, 0) is 4.79 Å². The standard InChI is InChI=1S/C15H30N4O/c1-11-9-19(10-13(11)18(2)3)8-6-12-5-4-7-15(12,17)14(16)20/h11-13H,4-10,17H2,1-3H3,(H2,16,20). The van der Waals surface area contributed by atoms with E-state index < -0.39 is 5.54 Å². The Morgan fingerprint density at radius 3 is 2.65 bits per heavy atom. The molecule has 2 aliphatic rings. The van der Waals surface area contributed by atoms with E-state index in [1.165, 1.54) is 0 Å². The Bertz CT molecular complexity index is 360. The van der Waals surface area contributed by atoms with Gasteiger partial charge in [-0.2, -0.15) is 0 Å². The first kappa shape index (κ1) is 15.7. The van der Waals surface area contributed by atoms with Crippen molar-refractivity contribution in [1.82, 2.24) is 9.80 Å². The van der Waals surface area contributed by atoms with Crippen LogP contribution >= 0.6 is 0 Å². The summed E-state index contributed by atoms with van der Waals surface area (Å²) in [6.07, 6.45) is 3.82. The zero-order valence-corrected chi connectivity index (χ0v) is 13.1. The first-order chi connectivity index (χ1) is 9.34. The molecule has 1 heterocycles. The smallest absolute Gasteiger partial charge is 0.237 e. The molecule has 1 amide bonds. The Morgan fingerprint density at radius 1 is 1.40 bits per heavy atom. The average Bonchev–Trinajstić information content (AvgIpc) is 2.91. The van der Waals surface area contributed by atoms with E-state index >= 15 is 0 Å². The fourth-order valence-electron chi connectivity index (χ4n) is 4.07. The number of primary amides is 1. The highest BCUT2D eigenvalue weighted by molar-refractivity contribution is 5.85. The minimum atomic E-state index is -0.758. The lowest BCUT2D eigenvalue weighted by Crippen LogP contribution is -2.55. The Hall–Kier alpha value is -0.650. The van der Waals surface area contributed by atoms with Crippen molar-refractivity contribution in [3.63, 3.8) is 0 Å². The summed E-state index contributed by atoms with van der Waals surface area (Å²) in [4.78, 5) is 16.4. The van der Waals surface area contributed by atoms with Gasteiger partial charge in [0.1, 0.15) is 0 Å². The molecule has 0 bridgehead atoms. The number of amides is 1. The van der Waals surface area contributed by atoms with Crippen LogP contribution in [0.15, 0.2) is 0 Å². The van der Waals surface area contributed by atoms with Gasteiger partial charge in [-0.05, 0) is 51.7 Å². The molecule has 1 saturated carbocycles. The number of likely N-dealkylation sites (N-methyl/N-ethyl adjacent to an activating group) is 1. The van der Waals surface area contributed by atoms with Gasteiger partial charge in [-0.1, -0.05) is 13.3 Å². The lowest BCUT2D eigenvalue weighted by atomic mass is 9.85. The fraction of sp³-hybridized carbons (Fsp3) is 0.933. The summed E-state index contributed by atoms with van der Waals surface area (Å²) in [6.45, 7) is 5.61. The van der Waals surface area contributed by atoms with E-state index in [0.29, 0.717) is 12.0 Å². The zero-order chi connectivity index (χ0) is 14.9. The number of nitrogens with zero attached hydrogens (tertiary/aromatic N) is 2. The van der Waals surface area contributed by atoms with Crippen LogP contribution in [0, 0.1) is 11.8 Å². The summed E-state index contributed by atoms with van der Waals surface area (Å²) in [6, 6.07) is 0.636. The molecule has 0 spiro atoms. The zero-order valence-electron chi connectivity index (χ0n) is 13.1. The van der Waals surface area contributed by atoms with E-state index in [4.69, 9.17) is 11.5 Å². The second kappa shape index (κ2) is 6.00. The molecular weight excluding hydrogens is 252 g/mol. The molecule has 0 aromatic heterocycles. The number of hydrogen-bond donors (Lipinski definition) is 2. The van der Waals surface area contributed by atoms with E-state index in [-0.39, 0.29) is 11.8 Å². The quantitative estimate of drug-likeness (QED) is 0.757. The average molecular weight is 282 g/mol. The molecule has 4 atom stereocenters. The molecule has 0 radical (unpaired) electrons. The van der Waals surface area contributed by atoms with Gasteiger partial charge in [0.15, 0.2) is 0 Å². The van der Waals surface area contributed by atoms with Crippen molar-refractivity contribution in [2.45, 2.75) is 44.2 Å². The molecule has 4 unspecified atom stereocenters. The molecule has 1 saturated heterocycles. The van der Waals surface area contributed by atoms with Crippen molar-refractivity contribution in [2.24, 2.45) is 23.3 Å². The molecule has 2 rings (SSSR count). The number of hydrogen-bond acceptors (Lipinski definition) is 4. The second-order valence-corrected chi connectivity index (χ2v) is 7.05. The predicted octanol–water partition coefficient (Wildman–Crippen LogP) is 0.241. The monoisotopic (exact) mass is 282 g/mol. The molecule has 1 aliphatic carbocycles.